The van der Waals surface area contributed by atoms with E-state index in [0.29, 0.717) is 46.6 Å². The summed E-state index contributed by atoms with van der Waals surface area (Å²) in [6.45, 7) is 2.00. The maximum Gasteiger partial charge on any atom is 0.226 e. The fraction of sp³-hybridized carbons (Fsp3) is 0.0597. The number of halogens is 1. The van der Waals surface area contributed by atoms with Gasteiger partial charge in [0.2, 0.25) is 16.9 Å². The first-order chi connectivity index (χ1) is 38.6. The topological polar surface area (TPSA) is 125 Å². The van der Waals surface area contributed by atoms with Crippen LogP contribution >= 0.6 is 11.6 Å². The molecule has 1 saturated heterocycles. The molecule has 1 aliphatic rings. The Kier molecular flexibility index (Phi) is 16.0. The van der Waals surface area contributed by atoms with Crippen molar-refractivity contribution in [2.45, 2.75) is 12.8 Å². The van der Waals surface area contributed by atoms with Gasteiger partial charge < -0.3 is 4.74 Å². The fourth-order valence-electron chi connectivity index (χ4n) is 8.68. The maximum absolute atomic E-state index is 6.11. The molecule has 0 unspecified atom stereocenters. The van der Waals surface area contributed by atoms with E-state index in [4.69, 9.17) is 46.2 Å². The molecule has 4 heterocycles. The van der Waals surface area contributed by atoms with Crippen LogP contribution in [0.1, 0.15) is 12.8 Å². The minimum Gasteiger partial charge on any atom is -0.381 e. The van der Waals surface area contributed by atoms with Gasteiger partial charge in [-0.2, -0.15) is 9.97 Å². The van der Waals surface area contributed by atoms with Crippen molar-refractivity contribution in [3.8, 4) is 113 Å². The summed E-state index contributed by atoms with van der Waals surface area (Å²) in [5.41, 5.74) is 12.1. The Balaban J connectivity index is 0.000000178. The zero-order valence-electron chi connectivity index (χ0n) is 42.4. The van der Waals surface area contributed by atoms with Crippen molar-refractivity contribution >= 4 is 11.6 Å². The van der Waals surface area contributed by atoms with Crippen molar-refractivity contribution < 1.29 is 4.74 Å². The molecule has 0 spiro atoms. The summed E-state index contributed by atoms with van der Waals surface area (Å²) in [5.74, 6) is 4.03. The lowest BCUT2D eigenvalue weighted by atomic mass is 10.0. The lowest BCUT2D eigenvalue weighted by Gasteiger charge is -2.11. The van der Waals surface area contributed by atoms with Crippen LogP contribution in [0.2, 0.25) is 5.28 Å². The first-order valence-corrected chi connectivity index (χ1v) is 26.1. The first kappa shape index (κ1) is 50.4. The van der Waals surface area contributed by atoms with Crippen molar-refractivity contribution in [2.75, 3.05) is 13.2 Å². The second-order valence-corrected chi connectivity index (χ2v) is 18.4. The molecule has 0 N–H and O–H groups in total. The van der Waals surface area contributed by atoms with Gasteiger partial charge in [0.25, 0.3) is 0 Å². The zero-order chi connectivity index (χ0) is 52.7. The summed E-state index contributed by atoms with van der Waals surface area (Å²) in [5, 5.41) is 0.191. The molecule has 0 amide bonds. The molecule has 9 aromatic carbocycles. The highest BCUT2D eigenvalue weighted by Crippen LogP contribution is 2.31. The van der Waals surface area contributed by atoms with Crippen molar-refractivity contribution in [2.24, 2.45) is 0 Å². The fourth-order valence-corrected chi connectivity index (χ4v) is 8.84. The third kappa shape index (κ3) is 12.7. The van der Waals surface area contributed by atoms with Gasteiger partial charge in [-0.3, -0.25) is 0 Å². The predicted molar refractivity (Wildman–Crippen MR) is 312 cm³/mol. The van der Waals surface area contributed by atoms with Gasteiger partial charge in [0.15, 0.2) is 34.9 Å². The minimum absolute atomic E-state index is 0.191. The second-order valence-electron chi connectivity index (χ2n) is 18.1. The van der Waals surface area contributed by atoms with E-state index in [2.05, 4.69) is 87.7 Å². The number of hydrogen-bond donors (Lipinski definition) is 0. The lowest BCUT2D eigenvalue weighted by Crippen LogP contribution is -2.05. The molecule has 0 atom stereocenters. The van der Waals surface area contributed by atoms with Crippen LogP contribution in [0.3, 0.4) is 0 Å². The molecule has 0 bridgehead atoms. The van der Waals surface area contributed by atoms with Gasteiger partial charge in [-0.05, 0) is 57.8 Å². The van der Waals surface area contributed by atoms with E-state index in [-0.39, 0.29) is 5.28 Å². The van der Waals surface area contributed by atoms with Crippen LogP contribution in [0.15, 0.2) is 255 Å². The second kappa shape index (κ2) is 24.7. The van der Waals surface area contributed by atoms with E-state index < -0.39 is 0 Å². The van der Waals surface area contributed by atoms with E-state index in [1.807, 2.05) is 182 Å². The average molecular weight is 1030 g/mol. The largest absolute Gasteiger partial charge is 0.381 e. The van der Waals surface area contributed by atoms with Gasteiger partial charge in [0, 0.05) is 46.6 Å². The molecule has 0 radical (unpaired) electrons. The van der Waals surface area contributed by atoms with Crippen molar-refractivity contribution in [3.05, 3.63) is 260 Å². The number of benzene rings is 9. The SMILES string of the molecule is C1CCOC1.Clc1nc(-c2ccccc2)nc(-c2ccc(-c3ccccc3)cc2)n1.c1ccc(-c2ccc(-c3nc(-c4ccccc4)nc(-c4nc(-c5ccccc5)nc(-c5ccc(-c6ccccc6)cc5)n4)n3)cc2)cc1. The van der Waals surface area contributed by atoms with Crippen molar-refractivity contribution in [3.63, 3.8) is 0 Å². The zero-order valence-corrected chi connectivity index (χ0v) is 43.1. The minimum atomic E-state index is 0.191. The average Bonchev–Trinajstić information content (AvgIpc) is 4.19. The summed E-state index contributed by atoms with van der Waals surface area (Å²) in [6.07, 6.45) is 2.56. The first-order valence-electron chi connectivity index (χ1n) is 25.7. The van der Waals surface area contributed by atoms with Gasteiger partial charge in [-0.15, -0.1) is 0 Å². The summed E-state index contributed by atoms with van der Waals surface area (Å²) in [6, 6.07) is 85.0. The molecule has 13 rings (SSSR count). The quantitative estimate of drug-likeness (QED) is 0.131. The molecule has 0 aliphatic carbocycles. The molecule has 0 saturated carbocycles. The summed E-state index contributed by atoms with van der Waals surface area (Å²) in [7, 11) is 0. The molecule has 1 aliphatic heterocycles. The summed E-state index contributed by atoms with van der Waals surface area (Å²) in [4.78, 5) is 42.6. The third-order valence-electron chi connectivity index (χ3n) is 12.8. The van der Waals surface area contributed by atoms with Crippen molar-refractivity contribution in [1.82, 2.24) is 44.9 Å². The van der Waals surface area contributed by atoms with Crippen LogP contribution in [-0.4, -0.2) is 58.1 Å². The van der Waals surface area contributed by atoms with E-state index in [9.17, 15) is 0 Å². The Morgan fingerprint density at radius 1 is 0.205 bits per heavy atom. The Bertz CT molecular complexity index is 3670. The number of hydrogen-bond acceptors (Lipinski definition) is 10. The number of aromatic nitrogens is 9. The molecule has 1 fully saturated rings. The third-order valence-corrected chi connectivity index (χ3v) is 12.9. The van der Waals surface area contributed by atoms with E-state index in [1.54, 1.807) is 0 Å². The molecule has 376 valence electrons. The van der Waals surface area contributed by atoms with Gasteiger partial charge in [-0.25, -0.2) is 34.9 Å². The highest BCUT2D eigenvalue weighted by atomic mass is 35.5. The monoisotopic (exact) mass is 1030 g/mol. The smallest absolute Gasteiger partial charge is 0.226 e. The van der Waals surface area contributed by atoms with Crippen LogP contribution < -0.4 is 0 Å². The molecular formula is C67H50ClN9O. The van der Waals surface area contributed by atoms with Crippen LogP contribution in [0.4, 0.5) is 0 Å². The Morgan fingerprint density at radius 3 is 0.615 bits per heavy atom. The maximum atomic E-state index is 6.11. The van der Waals surface area contributed by atoms with Crippen LogP contribution in [0.5, 0.6) is 0 Å². The summed E-state index contributed by atoms with van der Waals surface area (Å²) >= 11 is 6.11. The molecule has 11 heteroatoms. The molecule has 12 aromatic rings. The van der Waals surface area contributed by atoms with Crippen LogP contribution in [-0.2, 0) is 4.74 Å². The van der Waals surface area contributed by atoms with Gasteiger partial charge in [-0.1, -0.05) is 255 Å². The van der Waals surface area contributed by atoms with Gasteiger partial charge in [0.1, 0.15) is 0 Å². The van der Waals surface area contributed by atoms with E-state index in [1.165, 1.54) is 18.4 Å². The normalized spacial score (nSPS) is 11.7. The summed E-state index contributed by atoms with van der Waals surface area (Å²) < 4.78 is 4.94. The van der Waals surface area contributed by atoms with E-state index >= 15 is 0 Å². The Labute approximate surface area is 458 Å². The standard InChI is InChI=1S/C42H28N6.C21H14ClN3.C4H8O/c1-5-13-29(14-6-1)31-21-25-35(26-22-31)39-43-37(33-17-9-3-10-18-33)45-41(47-39)42-46-38(34-19-11-4-12-20-34)44-40(48-42)36-27-23-32(24-28-36)30-15-7-2-8-16-30;22-21-24-19(17-9-5-2-6-10-17)23-20(25-21)18-13-11-16(12-14-18)15-7-3-1-4-8-15;1-2-4-5-3-1/h1-28H;1-14H;1-4H2. The van der Waals surface area contributed by atoms with E-state index in [0.717, 1.165) is 74.4 Å². The number of nitrogens with zero attached hydrogens (tertiary/aromatic N) is 9. The van der Waals surface area contributed by atoms with Crippen LogP contribution in [0.25, 0.3) is 113 Å². The molecule has 78 heavy (non-hydrogen) atoms. The molecule has 10 nitrogen and oxygen atoms in total. The lowest BCUT2D eigenvalue weighted by molar-refractivity contribution is 0.198. The highest BCUT2D eigenvalue weighted by molar-refractivity contribution is 6.28. The predicted octanol–water partition coefficient (Wildman–Crippen LogP) is 16.0. The molecule has 3 aromatic heterocycles. The van der Waals surface area contributed by atoms with Gasteiger partial charge >= 0.3 is 0 Å². The number of ether oxygens (including phenoxy) is 1. The number of rotatable bonds is 10. The molecular weight excluding hydrogens is 982 g/mol. The Morgan fingerprint density at radius 2 is 0.385 bits per heavy atom. The van der Waals surface area contributed by atoms with Crippen LogP contribution in [0, 0.1) is 0 Å². The Hall–Kier alpha value is -9.74. The van der Waals surface area contributed by atoms with Gasteiger partial charge in [0.05, 0.1) is 0 Å². The van der Waals surface area contributed by atoms with Crippen molar-refractivity contribution in [1.29, 1.82) is 0 Å². The highest BCUT2D eigenvalue weighted by Gasteiger charge is 2.19.